The Hall–Kier alpha value is -2.27. The van der Waals surface area contributed by atoms with E-state index >= 15 is 0 Å². The lowest BCUT2D eigenvalue weighted by Crippen LogP contribution is -1.94. The average molecular weight is 261 g/mol. The van der Waals surface area contributed by atoms with E-state index in [0.717, 1.165) is 0 Å². The van der Waals surface area contributed by atoms with E-state index in [2.05, 4.69) is 10.1 Å². The van der Waals surface area contributed by atoms with Crippen molar-refractivity contribution in [2.75, 3.05) is 5.73 Å². The molecule has 0 atom stereocenters. The summed E-state index contributed by atoms with van der Waals surface area (Å²) >= 11 is 6.02. The molecule has 2 aromatic heterocycles. The number of hydrogen-bond acceptors (Lipinski definition) is 4. The molecule has 90 valence electrons. The predicted octanol–water partition coefficient (Wildman–Crippen LogP) is 2.76. The van der Waals surface area contributed by atoms with Gasteiger partial charge in [0.15, 0.2) is 5.65 Å². The Bertz CT molecular complexity index is 710. The molecule has 5 nitrogen and oxygen atoms in total. The van der Waals surface area contributed by atoms with Gasteiger partial charge in [-0.05, 0) is 12.1 Å². The molecule has 0 amide bonds. The van der Waals surface area contributed by atoms with E-state index in [-0.39, 0.29) is 0 Å². The summed E-state index contributed by atoms with van der Waals surface area (Å²) in [5, 5.41) is 4.54. The second-order valence-electron chi connectivity index (χ2n) is 3.69. The van der Waals surface area contributed by atoms with Crippen molar-refractivity contribution in [3.05, 3.63) is 47.7 Å². The lowest BCUT2D eigenvalue weighted by atomic mass is 10.3. The second-order valence-corrected chi connectivity index (χ2v) is 4.10. The Labute approximate surface area is 108 Å². The minimum absolute atomic E-state index is 0.440. The Morgan fingerprint density at radius 2 is 2.11 bits per heavy atom. The fourth-order valence-corrected chi connectivity index (χ4v) is 1.72. The maximum atomic E-state index is 6.02. The highest BCUT2D eigenvalue weighted by Gasteiger charge is 2.05. The molecule has 0 radical (unpaired) electrons. The van der Waals surface area contributed by atoms with Gasteiger partial charge in [0.05, 0.1) is 11.2 Å². The third kappa shape index (κ3) is 1.96. The summed E-state index contributed by atoms with van der Waals surface area (Å²) < 4.78 is 7.25. The van der Waals surface area contributed by atoms with Crippen LogP contribution in [0.4, 0.5) is 5.69 Å². The van der Waals surface area contributed by atoms with Gasteiger partial charge in [-0.1, -0.05) is 11.6 Å². The first-order valence-corrected chi connectivity index (χ1v) is 5.63. The third-order valence-electron chi connectivity index (χ3n) is 2.40. The molecular formula is C12H9ClN4O. The number of nitrogens with zero attached hydrogens (tertiary/aromatic N) is 3. The van der Waals surface area contributed by atoms with Crippen LogP contribution in [-0.2, 0) is 0 Å². The van der Waals surface area contributed by atoms with Gasteiger partial charge in [-0.15, -0.1) is 0 Å². The molecule has 0 aliphatic rings. The fraction of sp³-hybridized carbons (Fsp3) is 0. The highest BCUT2D eigenvalue weighted by atomic mass is 35.5. The molecule has 3 aromatic rings. The van der Waals surface area contributed by atoms with Crippen LogP contribution >= 0.6 is 11.6 Å². The molecule has 3 rings (SSSR count). The molecule has 2 N–H and O–H groups in total. The number of halogens is 1. The summed E-state index contributed by atoms with van der Waals surface area (Å²) in [6.45, 7) is 0. The van der Waals surface area contributed by atoms with E-state index in [1.54, 1.807) is 47.2 Å². The van der Waals surface area contributed by atoms with Crippen LogP contribution in [0.25, 0.3) is 5.65 Å². The minimum Gasteiger partial charge on any atom is -0.437 e. The quantitative estimate of drug-likeness (QED) is 0.720. The highest BCUT2D eigenvalue weighted by molar-refractivity contribution is 6.32. The number of anilines is 1. The summed E-state index contributed by atoms with van der Waals surface area (Å²) in [4.78, 5) is 4.28. The molecular weight excluding hydrogens is 252 g/mol. The average Bonchev–Trinajstić information content (AvgIpc) is 2.81. The topological polar surface area (TPSA) is 65.4 Å². The summed E-state index contributed by atoms with van der Waals surface area (Å²) in [6, 6.07) is 8.55. The van der Waals surface area contributed by atoms with Crippen LogP contribution in [0.5, 0.6) is 11.6 Å². The number of fused-ring (bicyclic) bond motifs is 1. The van der Waals surface area contributed by atoms with E-state index in [4.69, 9.17) is 22.1 Å². The Balaban J connectivity index is 1.97. The van der Waals surface area contributed by atoms with E-state index < -0.39 is 0 Å². The number of benzene rings is 1. The van der Waals surface area contributed by atoms with Crippen LogP contribution in [-0.4, -0.2) is 14.6 Å². The molecule has 0 aliphatic heterocycles. The van der Waals surface area contributed by atoms with E-state index in [0.29, 0.717) is 28.0 Å². The van der Waals surface area contributed by atoms with Gasteiger partial charge in [0.25, 0.3) is 0 Å². The monoisotopic (exact) mass is 260 g/mol. The van der Waals surface area contributed by atoms with Gasteiger partial charge in [-0.3, -0.25) is 0 Å². The van der Waals surface area contributed by atoms with Gasteiger partial charge >= 0.3 is 0 Å². The molecule has 6 heteroatoms. The van der Waals surface area contributed by atoms with Crippen molar-refractivity contribution in [1.82, 2.24) is 14.6 Å². The zero-order valence-corrected chi connectivity index (χ0v) is 10.0. The van der Waals surface area contributed by atoms with Crippen LogP contribution in [0.3, 0.4) is 0 Å². The lowest BCUT2D eigenvalue weighted by Gasteiger charge is -2.07. The van der Waals surface area contributed by atoms with Gasteiger partial charge < -0.3 is 10.5 Å². The first-order chi connectivity index (χ1) is 8.72. The number of nitrogen functional groups attached to an aromatic ring is 1. The van der Waals surface area contributed by atoms with E-state index in [9.17, 15) is 0 Å². The number of rotatable bonds is 2. The third-order valence-corrected chi connectivity index (χ3v) is 2.71. The highest BCUT2D eigenvalue weighted by Crippen LogP contribution is 2.30. The van der Waals surface area contributed by atoms with Crippen LogP contribution in [0.1, 0.15) is 0 Å². The Morgan fingerprint density at radius 3 is 3.00 bits per heavy atom. The van der Waals surface area contributed by atoms with Crippen molar-refractivity contribution in [1.29, 1.82) is 0 Å². The van der Waals surface area contributed by atoms with Crippen molar-refractivity contribution in [2.45, 2.75) is 0 Å². The molecule has 18 heavy (non-hydrogen) atoms. The number of hydrogen-bond donors (Lipinski definition) is 1. The lowest BCUT2D eigenvalue weighted by molar-refractivity contribution is 0.463. The standard InChI is InChI=1S/C12H9ClN4O/c13-9-2-1-8(14)7-10(9)18-12-4-6-17-11(16-12)3-5-15-17/h1-7H,14H2. The van der Waals surface area contributed by atoms with Gasteiger partial charge in [0.2, 0.25) is 5.88 Å². The van der Waals surface area contributed by atoms with Crippen molar-refractivity contribution in [3.8, 4) is 11.6 Å². The zero-order chi connectivity index (χ0) is 12.5. The number of ether oxygens (including phenoxy) is 1. The van der Waals surface area contributed by atoms with Crippen LogP contribution < -0.4 is 10.5 Å². The van der Waals surface area contributed by atoms with Crippen molar-refractivity contribution < 1.29 is 4.74 Å². The van der Waals surface area contributed by atoms with E-state index in [1.165, 1.54) is 0 Å². The normalized spacial score (nSPS) is 10.7. The fourth-order valence-electron chi connectivity index (χ4n) is 1.56. The largest absolute Gasteiger partial charge is 0.437 e. The van der Waals surface area contributed by atoms with Crippen molar-refractivity contribution in [2.24, 2.45) is 0 Å². The molecule has 0 fully saturated rings. The smallest absolute Gasteiger partial charge is 0.222 e. The first kappa shape index (κ1) is 10.9. The maximum absolute atomic E-state index is 6.02. The predicted molar refractivity (Wildman–Crippen MR) is 68.9 cm³/mol. The molecule has 0 saturated heterocycles. The molecule has 2 heterocycles. The van der Waals surface area contributed by atoms with E-state index in [1.807, 2.05) is 0 Å². The Morgan fingerprint density at radius 1 is 1.22 bits per heavy atom. The Kier molecular flexibility index (Phi) is 2.53. The summed E-state index contributed by atoms with van der Waals surface area (Å²) in [5.74, 6) is 0.920. The molecule has 0 aliphatic carbocycles. The van der Waals surface area contributed by atoms with Crippen molar-refractivity contribution in [3.63, 3.8) is 0 Å². The first-order valence-electron chi connectivity index (χ1n) is 5.26. The molecule has 0 spiro atoms. The van der Waals surface area contributed by atoms with Crippen molar-refractivity contribution >= 4 is 22.9 Å². The number of nitrogens with two attached hydrogens (primary N) is 1. The molecule has 1 aromatic carbocycles. The van der Waals surface area contributed by atoms with Crippen LogP contribution in [0, 0.1) is 0 Å². The SMILES string of the molecule is Nc1ccc(Cl)c(Oc2ccn3nccc3n2)c1. The van der Waals surface area contributed by atoms with Crippen LogP contribution in [0.2, 0.25) is 5.02 Å². The summed E-state index contributed by atoms with van der Waals surface area (Å²) in [7, 11) is 0. The molecule has 0 saturated carbocycles. The summed E-state index contributed by atoms with van der Waals surface area (Å²) in [6.07, 6.45) is 3.43. The summed E-state index contributed by atoms with van der Waals surface area (Å²) in [5.41, 5.74) is 6.97. The second kappa shape index (κ2) is 4.19. The van der Waals surface area contributed by atoms with Crippen LogP contribution in [0.15, 0.2) is 42.7 Å². The molecule has 0 unspecified atom stereocenters. The maximum Gasteiger partial charge on any atom is 0.222 e. The van der Waals surface area contributed by atoms with Gasteiger partial charge in [-0.2, -0.15) is 10.1 Å². The minimum atomic E-state index is 0.440. The van der Waals surface area contributed by atoms with Gasteiger partial charge in [0, 0.05) is 30.1 Å². The zero-order valence-electron chi connectivity index (χ0n) is 9.25. The van der Waals surface area contributed by atoms with Gasteiger partial charge in [0.1, 0.15) is 5.75 Å². The number of aromatic nitrogens is 3. The molecule has 0 bridgehead atoms. The van der Waals surface area contributed by atoms with Gasteiger partial charge in [-0.25, -0.2) is 4.52 Å².